The molecule has 0 amide bonds. The van der Waals surface area contributed by atoms with Crippen LogP contribution in [0, 0.1) is 6.92 Å². The van der Waals surface area contributed by atoms with Crippen molar-refractivity contribution in [3.8, 4) is 5.75 Å². The number of ether oxygens (including phenoxy) is 1. The number of rotatable bonds is 11. The van der Waals surface area contributed by atoms with Crippen LogP contribution in [0.25, 0.3) is 11.1 Å². The second kappa shape index (κ2) is 16.5. The van der Waals surface area contributed by atoms with Crippen LogP contribution in [0.1, 0.15) is 106 Å². The third-order valence-electron chi connectivity index (χ3n) is 8.73. The average molecular weight is 602 g/mol. The Kier molecular flexibility index (Phi) is 12.8. The van der Waals surface area contributed by atoms with E-state index in [1.807, 2.05) is 25.6 Å². The summed E-state index contributed by atoms with van der Waals surface area (Å²) in [5.41, 5.74) is 11.0. The predicted octanol–water partition coefficient (Wildman–Crippen LogP) is 10.8. The van der Waals surface area contributed by atoms with Gasteiger partial charge in [0.25, 0.3) is 0 Å². The SMILES string of the molecule is CC.CCCC(C)c1ccc(C2=C(c3ccc(O[C@H]4CCN(CCCF)C4)cc3)c3ccc(C)cc3SCC2)c(CC)c1. The first-order valence-electron chi connectivity index (χ1n) is 16.7. The zero-order valence-electron chi connectivity index (χ0n) is 27.3. The van der Waals surface area contributed by atoms with Crippen LogP contribution in [0.4, 0.5) is 4.39 Å². The number of thioether (sulfide) groups is 1. The van der Waals surface area contributed by atoms with Gasteiger partial charge in [0.15, 0.2) is 0 Å². The Balaban J connectivity index is 0.00000207. The van der Waals surface area contributed by atoms with Crippen molar-refractivity contribution in [1.82, 2.24) is 4.90 Å². The molecule has 2 nitrogen and oxygen atoms in total. The topological polar surface area (TPSA) is 12.5 Å². The maximum Gasteiger partial charge on any atom is 0.119 e. The molecule has 2 heterocycles. The van der Waals surface area contributed by atoms with Crippen molar-refractivity contribution in [2.75, 3.05) is 32.1 Å². The molecule has 3 aromatic rings. The number of halogens is 1. The van der Waals surface area contributed by atoms with Crippen molar-refractivity contribution in [1.29, 1.82) is 0 Å². The fourth-order valence-electron chi connectivity index (χ4n) is 6.48. The number of nitrogens with zero attached hydrogens (tertiary/aromatic N) is 1. The van der Waals surface area contributed by atoms with Gasteiger partial charge in [-0.15, -0.1) is 11.8 Å². The van der Waals surface area contributed by atoms with E-state index in [2.05, 4.69) is 93.3 Å². The van der Waals surface area contributed by atoms with Crippen LogP contribution in [0.3, 0.4) is 0 Å². The summed E-state index contributed by atoms with van der Waals surface area (Å²) in [6, 6.07) is 23.0. The van der Waals surface area contributed by atoms with Gasteiger partial charge in [-0.1, -0.05) is 83.5 Å². The summed E-state index contributed by atoms with van der Waals surface area (Å²) in [6.45, 7) is 15.6. The molecule has 0 spiro atoms. The fraction of sp³-hybridized carbons (Fsp3) is 0.487. The molecule has 0 saturated carbocycles. The third kappa shape index (κ3) is 8.34. The average Bonchev–Trinajstić information content (AvgIpc) is 3.39. The number of aryl methyl sites for hydroxylation is 2. The Morgan fingerprint density at radius 1 is 1.00 bits per heavy atom. The Hall–Kier alpha value is -2.56. The summed E-state index contributed by atoms with van der Waals surface area (Å²) < 4.78 is 19.0. The molecular weight excluding hydrogens is 550 g/mol. The number of fused-ring (bicyclic) bond motifs is 1. The normalized spacial score (nSPS) is 17.6. The maximum absolute atomic E-state index is 12.6. The highest BCUT2D eigenvalue weighted by molar-refractivity contribution is 7.99. The Bertz CT molecular complexity index is 1350. The summed E-state index contributed by atoms with van der Waals surface area (Å²) in [6.07, 6.45) is 6.30. The van der Waals surface area contributed by atoms with Crippen molar-refractivity contribution in [3.05, 3.63) is 94.0 Å². The number of likely N-dealkylation sites (tertiary alicyclic amines) is 1. The van der Waals surface area contributed by atoms with E-state index in [9.17, 15) is 4.39 Å². The van der Waals surface area contributed by atoms with Gasteiger partial charge in [-0.3, -0.25) is 9.29 Å². The third-order valence-corrected chi connectivity index (χ3v) is 9.78. The van der Waals surface area contributed by atoms with E-state index in [1.165, 1.54) is 62.3 Å². The molecule has 5 rings (SSSR count). The van der Waals surface area contributed by atoms with Gasteiger partial charge in [-0.05, 0) is 108 Å². The van der Waals surface area contributed by atoms with Gasteiger partial charge in [-0.25, -0.2) is 0 Å². The molecule has 1 saturated heterocycles. The Labute approximate surface area is 265 Å². The summed E-state index contributed by atoms with van der Waals surface area (Å²) in [5.74, 6) is 2.59. The number of allylic oxidation sites excluding steroid dienone is 1. The molecule has 2 aliphatic heterocycles. The second-order valence-corrected chi connectivity index (χ2v) is 12.9. The van der Waals surface area contributed by atoms with Crippen LogP contribution in [0.5, 0.6) is 5.75 Å². The van der Waals surface area contributed by atoms with Gasteiger partial charge in [0.2, 0.25) is 0 Å². The van der Waals surface area contributed by atoms with Gasteiger partial charge >= 0.3 is 0 Å². The van der Waals surface area contributed by atoms with Crippen LogP contribution in [-0.4, -0.2) is 43.1 Å². The monoisotopic (exact) mass is 601 g/mol. The van der Waals surface area contributed by atoms with E-state index >= 15 is 0 Å². The minimum atomic E-state index is -0.246. The molecule has 2 atom stereocenters. The highest BCUT2D eigenvalue weighted by atomic mass is 32.2. The first-order chi connectivity index (χ1) is 21.0. The molecule has 232 valence electrons. The number of alkyl halides is 1. The van der Waals surface area contributed by atoms with Gasteiger partial charge in [0.1, 0.15) is 11.9 Å². The Morgan fingerprint density at radius 3 is 2.49 bits per heavy atom. The van der Waals surface area contributed by atoms with Crippen LogP contribution in [-0.2, 0) is 6.42 Å². The molecule has 2 aliphatic rings. The minimum Gasteiger partial charge on any atom is -0.489 e. The van der Waals surface area contributed by atoms with Crippen molar-refractivity contribution in [3.63, 3.8) is 0 Å². The first kappa shape index (κ1) is 33.3. The first-order valence-corrected chi connectivity index (χ1v) is 17.6. The van der Waals surface area contributed by atoms with Crippen molar-refractivity contribution < 1.29 is 9.13 Å². The molecule has 1 fully saturated rings. The lowest BCUT2D eigenvalue weighted by Crippen LogP contribution is -2.26. The number of benzene rings is 3. The molecule has 4 heteroatoms. The molecule has 0 aromatic heterocycles. The molecule has 0 bridgehead atoms. The van der Waals surface area contributed by atoms with Gasteiger partial charge in [0, 0.05) is 30.3 Å². The van der Waals surface area contributed by atoms with E-state index in [0.29, 0.717) is 12.3 Å². The van der Waals surface area contributed by atoms with E-state index < -0.39 is 0 Å². The summed E-state index contributed by atoms with van der Waals surface area (Å²) in [7, 11) is 0. The van der Waals surface area contributed by atoms with Gasteiger partial charge < -0.3 is 4.74 Å². The summed E-state index contributed by atoms with van der Waals surface area (Å²) >= 11 is 1.98. The number of hydrogen-bond acceptors (Lipinski definition) is 3. The highest BCUT2D eigenvalue weighted by Gasteiger charge is 2.25. The molecule has 0 radical (unpaired) electrons. The van der Waals surface area contributed by atoms with Crippen molar-refractivity contribution in [2.45, 2.75) is 97.0 Å². The van der Waals surface area contributed by atoms with E-state index in [1.54, 1.807) is 0 Å². The smallest absolute Gasteiger partial charge is 0.119 e. The van der Waals surface area contributed by atoms with Gasteiger partial charge in [-0.2, -0.15) is 0 Å². The van der Waals surface area contributed by atoms with Crippen molar-refractivity contribution >= 4 is 22.9 Å². The van der Waals surface area contributed by atoms with E-state index in [0.717, 1.165) is 50.4 Å². The zero-order chi connectivity index (χ0) is 30.8. The maximum atomic E-state index is 12.6. The molecule has 3 aromatic carbocycles. The number of hydrogen-bond donors (Lipinski definition) is 0. The highest BCUT2D eigenvalue weighted by Crippen LogP contribution is 2.44. The van der Waals surface area contributed by atoms with E-state index in [-0.39, 0.29) is 12.8 Å². The van der Waals surface area contributed by atoms with Crippen LogP contribution < -0.4 is 4.74 Å². The van der Waals surface area contributed by atoms with Crippen LogP contribution in [0.2, 0.25) is 0 Å². The Morgan fingerprint density at radius 2 is 1.77 bits per heavy atom. The lowest BCUT2D eigenvalue weighted by Gasteiger charge is -2.21. The summed E-state index contributed by atoms with van der Waals surface area (Å²) in [5, 5.41) is 0. The van der Waals surface area contributed by atoms with Crippen LogP contribution in [0.15, 0.2) is 65.6 Å². The second-order valence-electron chi connectivity index (χ2n) is 11.8. The minimum absolute atomic E-state index is 0.175. The van der Waals surface area contributed by atoms with Crippen LogP contribution >= 0.6 is 11.8 Å². The molecule has 1 unspecified atom stereocenters. The van der Waals surface area contributed by atoms with Crippen molar-refractivity contribution in [2.24, 2.45) is 0 Å². The quantitative estimate of drug-likeness (QED) is 0.217. The molecular formula is C39H52FNOS. The largest absolute Gasteiger partial charge is 0.489 e. The zero-order valence-corrected chi connectivity index (χ0v) is 28.2. The molecule has 0 N–H and O–H groups in total. The predicted molar refractivity (Wildman–Crippen MR) is 185 cm³/mol. The lowest BCUT2D eigenvalue weighted by molar-refractivity contribution is 0.198. The lowest BCUT2D eigenvalue weighted by atomic mass is 9.84. The molecule has 43 heavy (non-hydrogen) atoms. The standard InChI is InChI=1S/C37H46FNOS.C2H6/c1-5-8-27(4)30-12-16-33(28(6-2)24-30)34-18-22-41-36-23-26(3)9-15-35(36)37(34)29-10-13-31(14-11-29)40-32-17-21-39(25-32)20-7-19-38;1-2/h9-16,23-24,27,32H,5-8,17-22,25H2,1-4H3;1-2H3/t27?,32-;/m0./s1. The van der Waals surface area contributed by atoms with E-state index in [4.69, 9.17) is 4.74 Å². The van der Waals surface area contributed by atoms with Gasteiger partial charge in [0.05, 0.1) is 6.67 Å². The summed E-state index contributed by atoms with van der Waals surface area (Å²) in [4.78, 5) is 3.69. The molecule has 0 aliphatic carbocycles. The fourth-order valence-corrected chi connectivity index (χ4v) is 7.61.